The van der Waals surface area contributed by atoms with E-state index in [0.29, 0.717) is 12.6 Å². The summed E-state index contributed by atoms with van der Waals surface area (Å²) >= 11 is 0. The van der Waals surface area contributed by atoms with Crippen molar-refractivity contribution in [3.63, 3.8) is 0 Å². The summed E-state index contributed by atoms with van der Waals surface area (Å²) in [6.07, 6.45) is 4.32. The van der Waals surface area contributed by atoms with Gasteiger partial charge in [-0.15, -0.1) is 0 Å². The van der Waals surface area contributed by atoms with Gasteiger partial charge in [-0.25, -0.2) is 9.97 Å². The van der Waals surface area contributed by atoms with E-state index in [2.05, 4.69) is 27.0 Å². The van der Waals surface area contributed by atoms with Gasteiger partial charge >= 0.3 is 0 Å². The molecule has 0 aliphatic carbocycles. The van der Waals surface area contributed by atoms with E-state index in [1.54, 1.807) is 0 Å². The number of aromatic nitrogens is 2. The first kappa shape index (κ1) is 11.4. The second-order valence-corrected chi connectivity index (χ2v) is 4.85. The number of hydrogen-bond acceptors (Lipinski definition) is 4. The van der Waals surface area contributed by atoms with E-state index in [-0.39, 0.29) is 0 Å². The van der Waals surface area contributed by atoms with E-state index < -0.39 is 0 Å². The molecule has 1 unspecified atom stereocenters. The van der Waals surface area contributed by atoms with E-state index in [1.165, 1.54) is 18.5 Å². The van der Waals surface area contributed by atoms with Gasteiger partial charge in [-0.05, 0) is 31.9 Å². The number of benzene rings is 1. The molecule has 94 valence electrons. The normalized spacial score (nSPS) is 19.7. The van der Waals surface area contributed by atoms with Crippen LogP contribution in [-0.4, -0.2) is 29.1 Å². The molecule has 0 bridgehead atoms. The second-order valence-electron chi connectivity index (χ2n) is 4.85. The van der Waals surface area contributed by atoms with Crippen LogP contribution in [0.5, 0.6) is 0 Å². The molecule has 1 fully saturated rings. The van der Waals surface area contributed by atoms with Crippen LogP contribution in [-0.2, 0) is 0 Å². The number of anilines is 1. The topological polar surface area (TPSA) is 55.0 Å². The molecule has 1 aromatic heterocycles. The number of aryl methyl sites for hydroxylation is 1. The highest BCUT2D eigenvalue weighted by Gasteiger charge is 2.24. The Kier molecular flexibility index (Phi) is 2.88. The zero-order valence-corrected chi connectivity index (χ0v) is 10.6. The fourth-order valence-corrected chi connectivity index (χ4v) is 2.78. The molecule has 2 heterocycles. The number of fused-ring (bicyclic) bond motifs is 1. The molecule has 4 nitrogen and oxygen atoms in total. The Balaban J connectivity index is 2.11. The Morgan fingerprint density at radius 1 is 1.44 bits per heavy atom. The quantitative estimate of drug-likeness (QED) is 0.873. The van der Waals surface area contributed by atoms with Crippen molar-refractivity contribution in [2.45, 2.75) is 25.8 Å². The average molecular weight is 242 g/mol. The predicted molar refractivity (Wildman–Crippen MR) is 73.7 cm³/mol. The fourth-order valence-electron chi connectivity index (χ4n) is 2.78. The minimum Gasteiger partial charge on any atom is -0.367 e. The first-order chi connectivity index (χ1) is 8.79. The summed E-state index contributed by atoms with van der Waals surface area (Å²) in [4.78, 5) is 11.2. The third kappa shape index (κ3) is 1.82. The van der Waals surface area contributed by atoms with Crippen LogP contribution in [0.2, 0.25) is 0 Å². The van der Waals surface area contributed by atoms with Gasteiger partial charge in [-0.2, -0.15) is 0 Å². The lowest BCUT2D eigenvalue weighted by molar-refractivity contribution is 0.678. The molecule has 1 atom stereocenters. The zero-order chi connectivity index (χ0) is 12.5. The molecule has 1 aromatic carbocycles. The van der Waals surface area contributed by atoms with Gasteiger partial charge in [0.1, 0.15) is 5.82 Å². The van der Waals surface area contributed by atoms with Crippen LogP contribution in [0, 0.1) is 6.92 Å². The Hall–Kier alpha value is -1.68. The second kappa shape index (κ2) is 4.53. The molecule has 3 rings (SSSR count). The fraction of sp³-hybridized carbons (Fsp3) is 0.429. The molecule has 18 heavy (non-hydrogen) atoms. The lowest BCUT2D eigenvalue weighted by Gasteiger charge is -2.26. The maximum absolute atomic E-state index is 5.86. The smallest absolute Gasteiger partial charge is 0.125 e. The standard InChI is InChI=1S/C14H18N4/c1-10-16-9-12-13(17-10)5-2-6-14(12)18-7-3-4-11(18)8-15/h2,5-6,9,11H,3-4,7-8,15H2,1H3. The van der Waals surface area contributed by atoms with Crippen molar-refractivity contribution in [1.29, 1.82) is 0 Å². The zero-order valence-electron chi connectivity index (χ0n) is 10.6. The number of nitrogens with zero attached hydrogens (tertiary/aromatic N) is 3. The third-order valence-corrected chi connectivity index (χ3v) is 3.68. The molecule has 0 amide bonds. The van der Waals surface area contributed by atoms with Crippen LogP contribution < -0.4 is 10.6 Å². The SMILES string of the molecule is Cc1ncc2c(N3CCCC3CN)cccc2n1. The number of rotatable bonds is 2. The monoisotopic (exact) mass is 242 g/mol. The first-order valence-electron chi connectivity index (χ1n) is 6.48. The van der Waals surface area contributed by atoms with E-state index in [4.69, 9.17) is 5.73 Å². The van der Waals surface area contributed by atoms with E-state index >= 15 is 0 Å². The third-order valence-electron chi connectivity index (χ3n) is 3.68. The van der Waals surface area contributed by atoms with Crippen molar-refractivity contribution in [2.24, 2.45) is 5.73 Å². The van der Waals surface area contributed by atoms with Gasteiger partial charge in [0.05, 0.1) is 5.52 Å². The minimum atomic E-state index is 0.455. The minimum absolute atomic E-state index is 0.455. The lowest BCUT2D eigenvalue weighted by Crippen LogP contribution is -2.35. The van der Waals surface area contributed by atoms with Crippen LogP contribution >= 0.6 is 0 Å². The van der Waals surface area contributed by atoms with Crippen LogP contribution in [0.3, 0.4) is 0 Å². The largest absolute Gasteiger partial charge is 0.367 e. The number of nitrogens with two attached hydrogens (primary N) is 1. The van der Waals surface area contributed by atoms with Crippen molar-refractivity contribution < 1.29 is 0 Å². The summed E-state index contributed by atoms with van der Waals surface area (Å²) in [6, 6.07) is 6.71. The maximum Gasteiger partial charge on any atom is 0.125 e. The van der Waals surface area contributed by atoms with Crippen LogP contribution in [0.25, 0.3) is 10.9 Å². The lowest BCUT2D eigenvalue weighted by atomic mass is 10.1. The van der Waals surface area contributed by atoms with Crippen LogP contribution in [0.1, 0.15) is 18.7 Å². The Labute approximate surface area is 107 Å². The first-order valence-corrected chi connectivity index (χ1v) is 6.48. The molecular weight excluding hydrogens is 224 g/mol. The average Bonchev–Trinajstić information content (AvgIpc) is 2.85. The highest BCUT2D eigenvalue weighted by Crippen LogP contribution is 2.30. The highest BCUT2D eigenvalue weighted by atomic mass is 15.2. The molecule has 4 heteroatoms. The van der Waals surface area contributed by atoms with Crippen molar-refractivity contribution in [3.8, 4) is 0 Å². The van der Waals surface area contributed by atoms with Crippen molar-refractivity contribution in [2.75, 3.05) is 18.0 Å². The van der Waals surface area contributed by atoms with Gasteiger partial charge in [0.2, 0.25) is 0 Å². The summed E-state index contributed by atoms with van der Waals surface area (Å²) in [6.45, 7) is 3.71. The van der Waals surface area contributed by atoms with Gasteiger partial charge in [0.15, 0.2) is 0 Å². The Bertz CT molecular complexity index is 567. The molecule has 1 saturated heterocycles. The van der Waals surface area contributed by atoms with Crippen molar-refractivity contribution in [3.05, 3.63) is 30.2 Å². The maximum atomic E-state index is 5.86. The molecule has 0 radical (unpaired) electrons. The van der Waals surface area contributed by atoms with Crippen molar-refractivity contribution >= 4 is 16.6 Å². The van der Waals surface area contributed by atoms with E-state index in [9.17, 15) is 0 Å². The van der Waals surface area contributed by atoms with E-state index in [0.717, 1.165) is 23.3 Å². The van der Waals surface area contributed by atoms with Crippen LogP contribution in [0.15, 0.2) is 24.4 Å². The molecule has 1 aliphatic heterocycles. The molecule has 2 N–H and O–H groups in total. The summed E-state index contributed by atoms with van der Waals surface area (Å²) in [7, 11) is 0. The molecule has 2 aromatic rings. The van der Waals surface area contributed by atoms with Gasteiger partial charge in [0.25, 0.3) is 0 Å². The van der Waals surface area contributed by atoms with Gasteiger partial charge in [-0.3, -0.25) is 0 Å². The number of hydrogen-bond donors (Lipinski definition) is 1. The predicted octanol–water partition coefficient (Wildman–Crippen LogP) is 1.87. The highest BCUT2D eigenvalue weighted by molar-refractivity contribution is 5.91. The summed E-state index contributed by atoms with van der Waals surface area (Å²) in [5, 5.41) is 1.13. The molecular formula is C14H18N4. The Morgan fingerprint density at radius 3 is 3.17 bits per heavy atom. The van der Waals surface area contributed by atoms with Crippen LogP contribution in [0.4, 0.5) is 5.69 Å². The summed E-state index contributed by atoms with van der Waals surface area (Å²) in [5.74, 6) is 0.816. The molecule has 0 saturated carbocycles. The summed E-state index contributed by atoms with van der Waals surface area (Å²) < 4.78 is 0. The van der Waals surface area contributed by atoms with Gasteiger partial charge in [-0.1, -0.05) is 6.07 Å². The molecule has 0 spiro atoms. The van der Waals surface area contributed by atoms with Gasteiger partial charge in [0, 0.05) is 36.4 Å². The Morgan fingerprint density at radius 2 is 2.33 bits per heavy atom. The summed E-state index contributed by atoms with van der Waals surface area (Å²) in [5.41, 5.74) is 8.10. The van der Waals surface area contributed by atoms with Crippen molar-refractivity contribution in [1.82, 2.24) is 9.97 Å². The van der Waals surface area contributed by atoms with Gasteiger partial charge < -0.3 is 10.6 Å². The van der Waals surface area contributed by atoms with E-state index in [1.807, 2.05) is 19.2 Å². The molecule has 1 aliphatic rings.